The van der Waals surface area contributed by atoms with Crippen molar-refractivity contribution in [3.05, 3.63) is 180 Å². The lowest BCUT2D eigenvalue weighted by molar-refractivity contribution is 0.433. The van der Waals surface area contributed by atoms with Crippen LogP contribution in [0.15, 0.2) is 157 Å². The van der Waals surface area contributed by atoms with Gasteiger partial charge in [0.15, 0.2) is 0 Å². The van der Waals surface area contributed by atoms with E-state index in [0.717, 1.165) is 32.1 Å². The molecule has 4 atom stereocenters. The maximum Gasteiger partial charge on any atom is -0.00975 e. The summed E-state index contributed by atoms with van der Waals surface area (Å²) in [7, 11) is 0. The second-order valence-corrected chi connectivity index (χ2v) is 11.3. The molecule has 4 unspecified atom stereocenters. The molecule has 1 aliphatic rings. The van der Waals surface area contributed by atoms with E-state index < -0.39 is 0 Å². The van der Waals surface area contributed by atoms with Gasteiger partial charge in [0.25, 0.3) is 0 Å². The van der Waals surface area contributed by atoms with Crippen molar-refractivity contribution in [1.29, 1.82) is 0 Å². The largest absolute Gasteiger partial charge is 0.0804 e. The summed E-state index contributed by atoms with van der Waals surface area (Å²) in [6, 6.07) is 44.7. The fourth-order valence-corrected chi connectivity index (χ4v) is 6.29. The van der Waals surface area contributed by atoms with Crippen LogP contribution in [0.25, 0.3) is 0 Å². The highest BCUT2D eigenvalue weighted by Gasteiger charge is 2.25. The molecule has 0 N–H and O–H groups in total. The molecule has 4 aromatic rings. The van der Waals surface area contributed by atoms with Crippen molar-refractivity contribution in [3.63, 3.8) is 0 Å². The lowest BCUT2D eigenvalue weighted by Crippen LogP contribution is -2.13. The summed E-state index contributed by atoms with van der Waals surface area (Å²) < 4.78 is 0. The predicted molar refractivity (Wildman–Crippen MR) is 172 cm³/mol. The van der Waals surface area contributed by atoms with E-state index in [9.17, 15) is 0 Å². The molecular formula is C40H42. The quantitative estimate of drug-likeness (QED) is 0.173. The molecule has 202 valence electrons. The lowest BCUT2D eigenvalue weighted by atomic mass is 9.75. The van der Waals surface area contributed by atoms with Crippen LogP contribution in [0.1, 0.15) is 85.0 Å². The zero-order valence-electron chi connectivity index (χ0n) is 23.8. The van der Waals surface area contributed by atoms with E-state index in [4.69, 9.17) is 0 Å². The molecule has 1 aliphatic carbocycles. The smallest absolute Gasteiger partial charge is 0.00975 e. The Morgan fingerprint density at radius 2 is 0.975 bits per heavy atom. The number of rotatable bonds is 12. The summed E-state index contributed by atoms with van der Waals surface area (Å²) in [6.45, 7) is 2.40. The van der Waals surface area contributed by atoms with Crippen LogP contribution in [0.3, 0.4) is 0 Å². The summed E-state index contributed by atoms with van der Waals surface area (Å²) in [5, 5.41) is 0. The Morgan fingerprint density at radius 1 is 0.525 bits per heavy atom. The SMILES string of the molecule is CC(CC(CC(CC(C/C=C1/C=CC=CC1)c1ccccc1)c1ccccc1)c1ccccc1)c1ccccc1. The van der Waals surface area contributed by atoms with Crippen LogP contribution >= 0.6 is 0 Å². The van der Waals surface area contributed by atoms with Gasteiger partial charge in [0.1, 0.15) is 0 Å². The Bertz CT molecular complexity index is 1360. The Balaban J connectivity index is 1.45. The van der Waals surface area contributed by atoms with Gasteiger partial charge >= 0.3 is 0 Å². The first-order valence-electron chi connectivity index (χ1n) is 15.0. The molecule has 4 aromatic carbocycles. The lowest BCUT2D eigenvalue weighted by Gasteiger charge is -2.30. The molecule has 0 spiro atoms. The fourth-order valence-electron chi connectivity index (χ4n) is 6.29. The van der Waals surface area contributed by atoms with Crippen molar-refractivity contribution in [2.75, 3.05) is 0 Å². The van der Waals surface area contributed by atoms with Gasteiger partial charge in [-0.25, -0.2) is 0 Å². The van der Waals surface area contributed by atoms with Crippen molar-refractivity contribution in [2.45, 2.75) is 62.7 Å². The highest BCUT2D eigenvalue weighted by Crippen LogP contribution is 2.42. The van der Waals surface area contributed by atoms with E-state index in [2.05, 4.69) is 159 Å². The molecule has 0 radical (unpaired) electrons. The summed E-state index contributed by atoms with van der Waals surface area (Å²) in [5.41, 5.74) is 7.24. The molecule has 0 saturated heterocycles. The minimum atomic E-state index is 0.472. The van der Waals surface area contributed by atoms with E-state index in [1.165, 1.54) is 27.8 Å². The van der Waals surface area contributed by atoms with Gasteiger partial charge in [0, 0.05) is 0 Å². The number of hydrogen-bond donors (Lipinski definition) is 0. The minimum Gasteiger partial charge on any atom is -0.0804 e. The molecule has 0 aromatic heterocycles. The summed E-state index contributed by atoms with van der Waals surface area (Å²) in [6.07, 6.45) is 16.9. The molecule has 0 nitrogen and oxygen atoms in total. The van der Waals surface area contributed by atoms with Crippen molar-refractivity contribution < 1.29 is 0 Å². The van der Waals surface area contributed by atoms with Crippen molar-refractivity contribution in [2.24, 2.45) is 0 Å². The van der Waals surface area contributed by atoms with Crippen LogP contribution in [0.2, 0.25) is 0 Å². The summed E-state index contributed by atoms with van der Waals surface area (Å²) in [4.78, 5) is 0. The fraction of sp³-hybridized carbons (Fsp3) is 0.250. The predicted octanol–water partition coefficient (Wildman–Crippen LogP) is 11.1. The normalized spacial score (nSPS) is 16.9. The first kappa shape index (κ1) is 27.7. The zero-order valence-corrected chi connectivity index (χ0v) is 23.8. The number of allylic oxidation sites excluding steroid dienone is 6. The van der Waals surface area contributed by atoms with E-state index >= 15 is 0 Å². The van der Waals surface area contributed by atoms with Crippen molar-refractivity contribution in [3.8, 4) is 0 Å². The highest BCUT2D eigenvalue weighted by atomic mass is 14.3. The maximum atomic E-state index is 2.48. The molecule has 0 heterocycles. The third kappa shape index (κ3) is 7.82. The van der Waals surface area contributed by atoms with Crippen LogP contribution in [-0.2, 0) is 0 Å². The molecule has 0 saturated carbocycles. The zero-order chi connectivity index (χ0) is 27.4. The van der Waals surface area contributed by atoms with Crippen LogP contribution in [0.5, 0.6) is 0 Å². The van der Waals surface area contributed by atoms with E-state index in [-0.39, 0.29) is 0 Å². The van der Waals surface area contributed by atoms with E-state index in [1.54, 1.807) is 0 Å². The van der Waals surface area contributed by atoms with E-state index in [1.807, 2.05) is 0 Å². The van der Waals surface area contributed by atoms with Crippen LogP contribution in [-0.4, -0.2) is 0 Å². The van der Waals surface area contributed by atoms with Gasteiger partial charge in [0.2, 0.25) is 0 Å². The monoisotopic (exact) mass is 522 g/mol. The Hall–Kier alpha value is -3.90. The van der Waals surface area contributed by atoms with Crippen LogP contribution in [0.4, 0.5) is 0 Å². The van der Waals surface area contributed by atoms with Gasteiger partial charge in [-0.2, -0.15) is 0 Å². The topological polar surface area (TPSA) is 0 Å². The molecule has 0 amide bonds. The molecule has 0 heteroatoms. The Kier molecular flexibility index (Phi) is 10.0. The van der Waals surface area contributed by atoms with Gasteiger partial charge in [-0.3, -0.25) is 0 Å². The molecule has 0 aliphatic heterocycles. The van der Waals surface area contributed by atoms with Crippen LogP contribution < -0.4 is 0 Å². The molecule has 40 heavy (non-hydrogen) atoms. The van der Waals surface area contributed by atoms with Gasteiger partial charge in [0.05, 0.1) is 0 Å². The van der Waals surface area contributed by atoms with Gasteiger partial charge in [-0.1, -0.05) is 159 Å². The second kappa shape index (κ2) is 14.5. The third-order valence-electron chi connectivity index (χ3n) is 8.53. The molecule has 0 fully saturated rings. The second-order valence-electron chi connectivity index (χ2n) is 11.3. The van der Waals surface area contributed by atoms with Crippen molar-refractivity contribution in [1.82, 2.24) is 0 Å². The third-order valence-corrected chi connectivity index (χ3v) is 8.53. The van der Waals surface area contributed by atoms with Gasteiger partial charge in [-0.15, -0.1) is 0 Å². The van der Waals surface area contributed by atoms with Crippen molar-refractivity contribution >= 4 is 0 Å². The van der Waals surface area contributed by atoms with Crippen LogP contribution in [0, 0.1) is 0 Å². The average molecular weight is 523 g/mol. The first-order valence-corrected chi connectivity index (χ1v) is 15.0. The standard InChI is InChI=1S/C40H42/c1-32(34-19-9-3-10-20-34)29-39(36-23-13-5-14-24-36)31-40(37-25-15-6-16-26-37)30-38(35-21-11-4-12-22-35)28-27-33-17-7-2-8-18-33/h2-17,19-27,32,38-40H,18,28-31H2,1H3/b33-27-. The van der Waals surface area contributed by atoms with E-state index in [0.29, 0.717) is 23.7 Å². The summed E-state index contributed by atoms with van der Waals surface area (Å²) >= 11 is 0. The molecule has 0 bridgehead atoms. The molecule has 5 rings (SSSR count). The Morgan fingerprint density at radius 3 is 1.48 bits per heavy atom. The minimum absolute atomic E-state index is 0.472. The van der Waals surface area contributed by atoms with Gasteiger partial charge < -0.3 is 0 Å². The maximum absolute atomic E-state index is 2.48. The first-order chi connectivity index (χ1) is 19.8. The number of benzene rings is 4. The number of hydrogen-bond acceptors (Lipinski definition) is 0. The molecular weight excluding hydrogens is 480 g/mol. The Labute approximate surface area is 241 Å². The summed E-state index contributed by atoms with van der Waals surface area (Å²) in [5.74, 6) is 1.94. The van der Waals surface area contributed by atoms with Gasteiger partial charge in [-0.05, 0) is 83.6 Å². The highest BCUT2D eigenvalue weighted by molar-refractivity contribution is 5.32. The average Bonchev–Trinajstić information content (AvgIpc) is 3.04.